The summed E-state index contributed by atoms with van der Waals surface area (Å²) in [6.45, 7) is 19.0. The van der Waals surface area contributed by atoms with E-state index in [9.17, 15) is 0 Å². The van der Waals surface area contributed by atoms with Crippen LogP contribution in [0.1, 0.15) is 60.8 Å². The van der Waals surface area contributed by atoms with Crippen LogP contribution in [-0.4, -0.2) is 37.1 Å². The Labute approximate surface area is 121 Å². The van der Waals surface area contributed by atoms with Gasteiger partial charge >= 0.3 is 0 Å². The normalized spacial score (nSPS) is 24.5. The summed E-state index contributed by atoms with van der Waals surface area (Å²) >= 11 is 0. The number of nitrogens with zero attached hydrogens (tertiary/aromatic N) is 1. The molecule has 0 radical (unpaired) electrons. The van der Waals surface area contributed by atoms with Crippen LogP contribution >= 0.6 is 0 Å². The number of rotatable bonds is 6. The van der Waals surface area contributed by atoms with Crippen LogP contribution in [0.5, 0.6) is 0 Å². The predicted octanol–water partition coefficient (Wildman–Crippen LogP) is 3.77. The van der Waals surface area contributed by atoms with Crippen LogP contribution in [0.2, 0.25) is 0 Å². The third-order valence-corrected chi connectivity index (χ3v) is 5.12. The molecule has 1 rings (SSSR count). The Bertz CT molecular complexity index is 248. The van der Waals surface area contributed by atoms with Gasteiger partial charge in [0.2, 0.25) is 0 Å². The zero-order chi connectivity index (χ0) is 14.5. The Morgan fingerprint density at radius 1 is 1.16 bits per heavy atom. The first kappa shape index (κ1) is 17.0. The van der Waals surface area contributed by atoms with E-state index in [-0.39, 0.29) is 0 Å². The number of likely N-dealkylation sites (tertiary alicyclic amines) is 1. The van der Waals surface area contributed by atoms with E-state index in [1.165, 1.54) is 38.9 Å². The molecule has 0 aromatic rings. The molecule has 0 aromatic carbocycles. The van der Waals surface area contributed by atoms with E-state index >= 15 is 0 Å². The molecule has 2 heteroatoms. The Kier molecular flexibility index (Phi) is 6.82. The van der Waals surface area contributed by atoms with Gasteiger partial charge in [0.1, 0.15) is 0 Å². The molecule has 1 N–H and O–H groups in total. The van der Waals surface area contributed by atoms with Gasteiger partial charge in [0.25, 0.3) is 0 Å². The summed E-state index contributed by atoms with van der Waals surface area (Å²) in [6.07, 6.45) is 4.20. The molecule has 0 aromatic heterocycles. The summed E-state index contributed by atoms with van der Waals surface area (Å²) in [5.74, 6) is 1.80. The van der Waals surface area contributed by atoms with Crippen molar-refractivity contribution in [3.8, 4) is 0 Å². The maximum Gasteiger partial charge on any atom is 0.0102 e. The molecular weight excluding hydrogens is 232 g/mol. The Hall–Kier alpha value is -0.0800. The largest absolute Gasteiger partial charge is 0.314 e. The number of nitrogens with one attached hydrogen (secondary N) is 1. The van der Waals surface area contributed by atoms with E-state index < -0.39 is 0 Å². The van der Waals surface area contributed by atoms with E-state index in [0.29, 0.717) is 11.5 Å². The lowest BCUT2D eigenvalue weighted by Gasteiger charge is -2.37. The Balaban J connectivity index is 2.48. The summed E-state index contributed by atoms with van der Waals surface area (Å²) in [7, 11) is 0. The first-order valence-electron chi connectivity index (χ1n) is 8.32. The van der Waals surface area contributed by atoms with Crippen molar-refractivity contribution >= 4 is 0 Å². The van der Waals surface area contributed by atoms with Crippen molar-refractivity contribution in [1.29, 1.82) is 0 Å². The van der Waals surface area contributed by atoms with Gasteiger partial charge in [0.05, 0.1) is 0 Å². The van der Waals surface area contributed by atoms with Gasteiger partial charge in [0.15, 0.2) is 0 Å². The van der Waals surface area contributed by atoms with Crippen LogP contribution in [-0.2, 0) is 0 Å². The Morgan fingerprint density at radius 3 is 2.42 bits per heavy atom. The van der Waals surface area contributed by atoms with Gasteiger partial charge < -0.3 is 10.2 Å². The second-order valence-corrected chi connectivity index (χ2v) is 7.48. The van der Waals surface area contributed by atoms with Crippen molar-refractivity contribution in [3.05, 3.63) is 0 Å². The standard InChI is InChI=1S/C17H36N2/c1-7-18-15(4)17(5,6)13-19-11-8-9-16(10-12-19)14(2)3/h14-16,18H,7-13H2,1-6H3. The van der Waals surface area contributed by atoms with E-state index in [2.05, 4.69) is 51.8 Å². The molecule has 1 heterocycles. The monoisotopic (exact) mass is 268 g/mol. The van der Waals surface area contributed by atoms with Gasteiger partial charge in [-0.05, 0) is 63.1 Å². The molecule has 2 atom stereocenters. The first-order chi connectivity index (χ1) is 8.86. The minimum absolute atomic E-state index is 0.355. The van der Waals surface area contributed by atoms with Crippen molar-refractivity contribution in [3.63, 3.8) is 0 Å². The molecule has 1 aliphatic rings. The van der Waals surface area contributed by atoms with Crippen LogP contribution in [0.25, 0.3) is 0 Å². The maximum atomic E-state index is 3.59. The molecule has 0 bridgehead atoms. The van der Waals surface area contributed by atoms with E-state index in [1.54, 1.807) is 0 Å². The van der Waals surface area contributed by atoms with Gasteiger partial charge in [-0.1, -0.05) is 34.6 Å². The molecule has 19 heavy (non-hydrogen) atoms. The van der Waals surface area contributed by atoms with Gasteiger partial charge in [-0.2, -0.15) is 0 Å². The lowest BCUT2D eigenvalue weighted by molar-refractivity contribution is 0.145. The number of hydrogen-bond donors (Lipinski definition) is 1. The summed E-state index contributed by atoms with van der Waals surface area (Å²) in [5.41, 5.74) is 0.355. The highest BCUT2D eigenvalue weighted by atomic mass is 15.1. The van der Waals surface area contributed by atoms with Crippen molar-refractivity contribution in [1.82, 2.24) is 10.2 Å². The fraction of sp³-hybridized carbons (Fsp3) is 1.00. The molecule has 2 unspecified atom stereocenters. The van der Waals surface area contributed by atoms with Crippen LogP contribution < -0.4 is 5.32 Å². The highest BCUT2D eigenvalue weighted by Crippen LogP contribution is 2.28. The van der Waals surface area contributed by atoms with Crippen LogP contribution in [0.3, 0.4) is 0 Å². The van der Waals surface area contributed by atoms with Crippen LogP contribution in [0, 0.1) is 17.3 Å². The third kappa shape index (κ3) is 5.43. The quantitative estimate of drug-likeness (QED) is 0.789. The highest BCUT2D eigenvalue weighted by molar-refractivity contribution is 4.85. The Morgan fingerprint density at radius 2 is 1.84 bits per heavy atom. The summed E-state index contributed by atoms with van der Waals surface area (Å²) in [4.78, 5) is 2.70. The van der Waals surface area contributed by atoms with E-state index in [4.69, 9.17) is 0 Å². The van der Waals surface area contributed by atoms with Crippen molar-refractivity contribution < 1.29 is 0 Å². The lowest BCUT2D eigenvalue weighted by Crippen LogP contribution is -2.47. The molecular formula is C17H36N2. The fourth-order valence-corrected chi connectivity index (χ4v) is 3.30. The van der Waals surface area contributed by atoms with Gasteiger partial charge in [0, 0.05) is 12.6 Å². The van der Waals surface area contributed by atoms with E-state index in [0.717, 1.165) is 18.4 Å². The smallest absolute Gasteiger partial charge is 0.0102 e. The highest BCUT2D eigenvalue weighted by Gasteiger charge is 2.29. The predicted molar refractivity (Wildman–Crippen MR) is 85.5 cm³/mol. The van der Waals surface area contributed by atoms with E-state index in [1.807, 2.05) is 0 Å². The molecule has 0 spiro atoms. The maximum absolute atomic E-state index is 3.59. The van der Waals surface area contributed by atoms with Crippen LogP contribution in [0.15, 0.2) is 0 Å². The minimum atomic E-state index is 0.355. The topological polar surface area (TPSA) is 15.3 Å². The van der Waals surface area contributed by atoms with Crippen molar-refractivity contribution in [2.75, 3.05) is 26.2 Å². The molecule has 0 aliphatic carbocycles. The second-order valence-electron chi connectivity index (χ2n) is 7.48. The van der Waals surface area contributed by atoms with Gasteiger partial charge in [-0.15, -0.1) is 0 Å². The molecule has 1 saturated heterocycles. The summed E-state index contributed by atoms with van der Waals surface area (Å²) < 4.78 is 0. The molecule has 1 fully saturated rings. The molecule has 2 nitrogen and oxygen atoms in total. The molecule has 1 aliphatic heterocycles. The zero-order valence-electron chi connectivity index (χ0n) is 14.1. The molecule has 0 saturated carbocycles. The van der Waals surface area contributed by atoms with Crippen molar-refractivity contribution in [2.24, 2.45) is 17.3 Å². The van der Waals surface area contributed by atoms with Crippen LogP contribution in [0.4, 0.5) is 0 Å². The average Bonchev–Trinajstić information content (AvgIpc) is 2.54. The first-order valence-corrected chi connectivity index (χ1v) is 8.32. The fourth-order valence-electron chi connectivity index (χ4n) is 3.30. The number of hydrogen-bond acceptors (Lipinski definition) is 2. The van der Waals surface area contributed by atoms with Gasteiger partial charge in [-0.25, -0.2) is 0 Å². The van der Waals surface area contributed by atoms with Gasteiger partial charge in [-0.3, -0.25) is 0 Å². The summed E-state index contributed by atoms with van der Waals surface area (Å²) in [6, 6.07) is 0.585. The average molecular weight is 268 g/mol. The molecule has 0 amide bonds. The third-order valence-electron chi connectivity index (χ3n) is 5.12. The lowest BCUT2D eigenvalue weighted by atomic mass is 9.84. The summed E-state index contributed by atoms with van der Waals surface area (Å²) in [5, 5.41) is 3.59. The SMILES string of the molecule is CCNC(C)C(C)(C)CN1CCCC(C(C)C)CC1. The van der Waals surface area contributed by atoms with Crippen molar-refractivity contribution in [2.45, 2.75) is 66.8 Å². The molecule has 114 valence electrons. The zero-order valence-corrected chi connectivity index (χ0v) is 14.1. The minimum Gasteiger partial charge on any atom is -0.314 e. The second kappa shape index (κ2) is 7.64.